The topological polar surface area (TPSA) is 84.9 Å². The maximum absolute atomic E-state index is 12.6. The van der Waals surface area contributed by atoms with Gasteiger partial charge in [-0.3, -0.25) is 13.9 Å². The van der Waals surface area contributed by atoms with Gasteiger partial charge >= 0.3 is 16.3 Å². The van der Waals surface area contributed by atoms with E-state index < -0.39 is 34.5 Å². The molecule has 1 N–H and O–H groups in total. The van der Waals surface area contributed by atoms with Gasteiger partial charge in [0.05, 0.1) is 6.04 Å². The second-order valence-corrected chi connectivity index (χ2v) is 8.06. The molecule has 27 heavy (non-hydrogen) atoms. The second-order valence-electron chi connectivity index (χ2n) is 6.68. The van der Waals surface area contributed by atoms with E-state index in [2.05, 4.69) is 4.72 Å². The molecule has 7 nitrogen and oxygen atoms in total. The quantitative estimate of drug-likeness (QED) is 0.776. The highest BCUT2D eigenvalue weighted by molar-refractivity contribution is 7.84. The average molecular weight is 388 g/mol. The van der Waals surface area contributed by atoms with Gasteiger partial charge in [-0.05, 0) is 11.1 Å². The number of carbonyl (C=O) groups excluding carboxylic acids is 1. The van der Waals surface area contributed by atoms with Crippen LogP contribution in [-0.2, 0) is 37.1 Å². The maximum atomic E-state index is 12.6. The van der Waals surface area contributed by atoms with E-state index >= 15 is 0 Å². The van der Waals surface area contributed by atoms with Crippen LogP contribution >= 0.6 is 0 Å². The number of benzene rings is 2. The van der Waals surface area contributed by atoms with Crippen molar-refractivity contribution in [1.29, 1.82) is 0 Å². The molecule has 142 valence electrons. The maximum Gasteiger partial charge on any atom is 0.336 e. The molecule has 0 saturated carbocycles. The van der Waals surface area contributed by atoms with E-state index in [-0.39, 0.29) is 6.61 Å². The summed E-state index contributed by atoms with van der Waals surface area (Å²) in [6.45, 7) is 0.815. The summed E-state index contributed by atoms with van der Waals surface area (Å²) >= 11 is 0. The first-order valence-electron chi connectivity index (χ1n) is 8.71. The monoisotopic (exact) mass is 388 g/mol. The van der Waals surface area contributed by atoms with Crippen molar-refractivity contribution in [2.24, 2.45) is 0 Å². The van der Waals surface area contributed by atoms with Gasteiger partial charge < -0.3 is 4.74 Å². The van der Waals surface area contributed by atoms with E-state index in [1.165, 1.54) is 0 Å². The van der Waals surface area contributed by atoms with Crippen LogP contribution in [0.3, 0.4) is 0 Å². The molecule has 4 rings (SSSR count). The van der Waals surface area contributed by atoms with Crippen LogP contribution in [-0.4, -0.2) is 44.1 Å². The van der Waals surface area contributed by atoms with E-state index in [1.807, 2.05) is 65.6 Å². The normalized spacial score (nSPS) is 26.6. The molecule has 2 heterocycles. The van der Waals surface area contributed by atoms with Crippen molar-refractivity contribution >= 4 is 16.3 Å². The number of rotatable bonds is 5. The second kappa shape index (κ2) is 7.40. The Morgan fingerprint density at radius 3 is 2.07 bits per heavy atom. The molecule has 2 aromatic carbocycles. The minimum absolute atomic E-state index is 0.160. The van der Waals surface area contributed by atoms with Crippen molar-refractivity contribution in [1.82, 2.24) is 9.62 Å². The summed E-state index contributed by atoms with van der Waals surface area (Å²) in [5, 5.41) is 0. The van der Waals surface area contributed by atoms with Crippen molar-refractivity contribution in [3.63, 3.8) is 0 Å². The Bertz CT molecular complexity index is 863. The molecule has 2 saturated heterocycles. The van der Waals surface area contributed by atoms with Gasteiger partial charge in [-0.1, -0.05) is 60.7 Å². The van der Waals surface area contributed by atoms with Gasteiger partial charge in [0.1, 0.15) is 18.8 Å². The van der Waals surface area contributed by atoms with Crippen LogP contribution in [0.4, 0.5) is 0 Å². The molecule has 0 amide bonds. The molecular formula is C19H20N2O5S. The summed E-state index contributed by atoms with van der Waals surface area (Å²) in [5.41, 5.74) is 2.05. The van der Waals surface area contributed by atoms with Crippen LogP contribution in [0.1, 0.15) is 11.1 Å². The van der Waals surface area contributed by atoms with Gasteiger partial charge in [-0.15, -0.1) is 0 Å². The summed E-state index contributed by atoms with van der Waals surface area (Å²) in [6, 6.07) is 18.1. The third-order valence-electron chi connectivity index (χ3n) is 4.77. The van der Waals surface area contributed by atoms with Crippen molar-refractivity contribution in [3.8, 4) is 0 Å². The van der Waals surface area contributed by atoms with Crippen LogP contribution in [0.2, 0.25) is 0 Å². The molecule has 2 fully saturated rings. The Morgan fingerprint density at radius 1 is 0.963 bits per heavy atom. The van der Waals surface area contributed by atoms with Gasteiger partial charge in [0.25, 0.3) is 0 Å². The molecule has 0 aromatic heterocycles. The predicted molar refractivity (Wildman–Crippen MR) is 97.6 cm³/mol. The van der Waals surface area contributed by atoms with Crippen LogP contribution in [0.5, 0.6) is 0 Å². The third kappa shape index (κ3) is 4.03. The summed E-state index contributed by atoms with van der Waals surface area (Å²) in [7, 11) is -3.88. The van der Waals surface area contributed by atoms with Gasteiger partial charge in [-0.2, -0.15) is 13.1 Å². The Balaban J connectivity index is 1.65. The minimum Gasteiger partial charge on any atom is -0.457 e. The van der Waals surface area contributed by atoms with Crippen LogP contribution < -0.4 is 4.72 Å². The first-order chi connectivity index (χ1) is 13.0. The zero-order chi connectivity index (χ0) is 18.9. The first kappa shape index (κ1) is 18.1. The number of carbonyl (C=O) groups is 1. The highest BCUT2D eigenvalue weighted by Crippen LogP contribution is 2.28. The lowest BCUT2D eigenvalue weighted by atomic mass is 10.0. The fraction of sp³-hybridized carbons (Fsp3) is 0.316. The third-order valence-corrected chi connectivity index (χ3v) is 5.78. The lowest BCUT2D eigenvalue weighted by Gasteiger charge is -2.33. The van der Waals surface area contributed by atoms with E-state index in [9.17, 15) is 13.2 Å². The van der Waals surface area contributed by atoms with Crippen molar-refractivity contribution in [3.05, 3.63) is 71.8 Å². The van der Waals surface area contributed by atoms with E-state index in [1.54, 1.807) is 0 Å². The zero-order valence-corrected chi connectivity index (χ0v) is 15.3. The minimum atomic E-state index is -3.88. The molecule has 8 heteroatoms. The van der Waals surface area contributed by atoms with E-state index in [4.69, 9.17) is 8.92 Å². The van der Waals surface area contributed by atoms with Crippen molar-refractivity contribution in [2.45, 2.75) is 31.3 Å². The van der Waals surface area contributed by atoms with Crippen molar-refractivity contribution in [2.75, 3.05) is 6.61 Å². The Kier molecular flexibility index (Phi) is 4.96. The van der Waals surface area contributed by atoms with Gasteiger partial charge in [0.2, 0.25) is 0 Å². The highest BCUT2D eigenvalue weighted by Gasteiger charge is 2.52. The van der Waals surface area contributed by atoms with E-state index in [0.29, 0.717) is 13.1 Å². The summed E-state index contributed by atoms with van der Waals surface area (Å²) in [4.78, 5) is 14.6. The molecule has 0 aliphatic carbocycles. The first-order valence-corrected chi connectivity index (χ1v) is 10.1. The number of ether oxygens (including phenoxy) is 1. The molecule has 2 aromatic rings. The smallest absolute Gasteiger partial charge is 0.336 e. The van der Waals surface area contributed by atoms with Crippen LogP contribution in [0.25, 0.3) is 0 Å². The lowest BCUT2D eigenvalue weighted by molar-refractivity contribution is -0.146. The molecular weight excluding hydrogens is 368 g/mol. The number of nitrogens with zero attached hydrogens (tertiary/aromatic N) is 1. The molecule has 0 spiro atoms. The molecule has 0 radical (unpaired) electrons. The van der Waals surface area contributed by atoms with E-state index in [0.717, 1.165) is 11.1 Å². The lowest BCUT2D eigenvalue weighted by Crippen LogP contribution is -2.57. The Labute approximate surface area is 158 Å². The SMILES string of the molecule is O=C1O[C@@H]2COS(=O)(=O)N[C@@H]2[C@H]1N(Cc1ccccc1)Cc1ccccc1. The number of esters is 1. The van der Waals surface area contributed by atoms with Crippen LogP contribution in [0, 0.1) is 0 Å². The molecule has 2 aliphatic rings. The fourth-order valence-corrected chi connectivity index (χ4v) is 4.54. The zero-order valence-electron chi connectivity index (χ0n) is 14.5. The van der Waals surface area contributed by atoms with Crippen molar-refractivity contribution < 1.29 is 22.1 Å². The number of hydrogen-bond donors (Lipinski definition) is 1. The van der Waals surface area contributed by atoms with Gasteiger partial charge in [-0.25, -0.2) is 0 Å². The predicted octanol–water partition coefficient (Wildman–Crippen LogP) is 1.22. The molecule has 0 unspecified atom stereocenters. The van der Waals surface area contributed by atoms with Gasteiger partial charge in [0.15, 0.2) is 0 Å². The number of nitrogens with one attached hydrogen (secondary N) is 1. The Hall–Kier alpha value is -2.26. The largest absolute Gasteiger partial charge is 0.457 e. The van der Waals surface area contributed by atoms with Crippen LogP contribution in [0.15, 0.2) is 60.7 Å². The number of fused-ring (bicyclic) bond motifs is 1. The summed E-state index contributed by atoms with van der Waals surface area (Å²) in [5.74, 6) is -0.440. The summed E-state index contributed by atoms with van der Waals surface area (Å²) < 4.78 is 36.3. The van der Waals surface area contributed by atoms with Gasteiger partial charge in [0, 0.05) is 13.1 Å². The highest BCUT2D eigenvalue weighted by atomic mass is 32.2. The summed E-state index contributed by atoms with van der Waals surface area (Å²) in [6.07, 6.45) is -0.625. The molecule has 3 atom stereocenters. The average Bonchev–Trinajstić information content (AvgIpc) is 2.97. The molecule has 2 aliphatic heterocycles. The fourth-order valence-electron chi connectivity index (χ4n) is 3.54. The number of hydrogen-bond acceptors (Lipinski definition) is 6. The standard InChI is InChI=1S/C19H20N2O5S/c22-19-18(17-16(26-19)13-25-27(23,24)20-17)21(11-14-7-3-1-4-8-14)12-15-9-5-2-6-10-15/h1-10,16-18,20H,11-13H2/t16-,17+,18-/m1/s1. The Morgan fingerprint density at radius 2 is 1.52 bits per heavy atom. The molecule has 0 bridgehead atoms.